The zero-order valence-corrected chi connectivity index (χ0v) is 11.0. The quantitative estimate of drug-likeness (QED) is 0.877. The Kier molecular flexibility index (Phi) is 2.71. The monoisotopic (exact) mass is 260 g/mol. The maximum Gasteiger partial charge on any atom is 0.254 e. The second kappa shape index (κ2) is 4.28. The van der Waals surface area contributed by atoms with Gasteiger partial charge in [0, 0.05) is 24.1 Å². The van der Waals surface area contributed by atoms with Crippen LogP contribution in [0, 0.1) is 6.92 Å². The standard InChI is InChI=1S/C14H16N2O3/c1-8-9(3-4-15)14(17)16(2)11-6-13-12(5-10(8)11)18-7-19-13/h5-6H,3-4,7,15H2,1-2H3. The van der Waals surface area contributed by atoms with E-state index in [4.69, 9.17) is 15.2 Å². The third-order valence-corrected chi connectivity index (χ3v) is 3.67. The van der Waals surface area contributed by atoms with Crippen molar-refractivity contribution in [2.75, 3.05) is 13.3 Å². The van der Waals surface area contributed by atoms with E-state index in [0.717, 1.165) is 27.8 Å². The van der Waals surface area contributed by atoms with Crippen molar-refractivity contribution in [2.45, 2.75) is 13.3 Å². The van der Waals surface area contributed by atoms with Gasteiger partial charge in [-0.3, -0.25) is 4.79 Å². The van der Waals surface area contributed by atoms with Gasteiger partial charge in [-0.05, 0) is 31.5 Å². The molecule has 0 amide bonds. The summed E-state index contributed by atoms with van der Waals surface area (Å²) in [5.41, 5.74) is 8.20. The highest BCUT2D eigenvalue weighted by Gasteiger charge is 2.18. The van der Waals surface area contributed by atoms with Crippen molar-refractivity contribution in [3.05, 3.63) is 33.6 Å². The predicted molar refractivity (Wildman–Crippen MR) is 72.8 cm³/mol. The predicted octanol–water partition coefficient (Wildman–Crippen LogP) is 1.08. The minimum absolute atomic E-state index is 0.00863. The van der Waals surface area contributed by atoms with Crippen molar-refractivity contribution < 1.29 is 9.47 Å². The maximum absolute atomic E-state index is 12.3. The lowest BCUT2D eigenvalue weighted by atomic mass is 10.0. The smallest absolute Gasteiger partial charge is 0.254 e. The minimum atomic E-state index is 0.00863. The first-order chi connectivity index (χ1) is 9.13. The number of hydrogen-bond donors (Lipinski definition) is 1. The fraction of sp³-hybridized carbons (Fsp3) is 0.357. The topological polar surface area (TPSA) is 66.5 Å². The molecule has 19 heavy (non-hydrogen) atoms. The molecule has 2 N–H and O–H groups in total. The second-order valence-corrected chi connectivity index (χ2v) is 4.73. The Morgan fingerprint density at radius 1 is 1.32 bits per heavy atom. The lowest BCUT2D eigenvalue weighted by molar-refractivity contribution is 0.174. The van der Waals surface area contributed by atoms with Crippen molar-refractivity contribution in [2.24, 2.45) is 12.8 Å². The molecular formula is C14H16N2O3. The number of nitrogens with two attached hydrogens (primary N) is 1. The SMILES string of the molecule is Cc1c(CCN)c(=O)n(C)c2cc3c(cc12)OCO3. The summed E-state index contributed by atoms with van der Waals surface area (Å²) < 4.78 is 12.4. The first-order valence-electron chi connectivity index (χ1n) is 6.25. The summed E-state index contributed by atoms with van der Waals surface area (Å²) in [6, 6.07) is 3.80. The fourth-order valence-electron chi connectivity index (χ4n) is 2.58. The van der Waals surface area contributed by atoms with Crippen LogP contribution >= 0.6 is 0 Å². The number of nitrogens with zero attached hydrogens (tertiary/aromatic N) is 1. The van der Waals surface area contributed by atoms with Crippen LogP contribution < -0.4 is 20.8 Å². The molecule has 0 unspecified atom stereocenters. The molecule has 0 saturated heterocycles. The van der Waals surface area contributed by atoms with E-state index in [0.29, 0.717) is 18.7 Å². The van der Waals surface area contributed by atoms with Gasteiger partial charge in [-0.1, -0.05) is 0 Å². The maximum atomic E-state index is 12.3. The zero-order chi connectivity index (χ0) is 13.6. The molecule has 0 bridgehead atoms. The number of fused-ring (bicyclic) bond motifs is 2. The molecule has 1 aliphatic heterocycles. The van der Waals surface area contributed by atoms with Crippen LogP contribution in [0.4, 0.5) is 0 Å². The third kappa shape index (κ3) is 1.69. The van der Waals surface area contributed by atoms with Crippen LogP contribution in [0.5, 0.6) is 11.5 Å². The van der Waals surface area contributed by atoms with E-state index in [1.165, 1.54) is 0 Å². The Morgan fingerprint density at radius 3 is 2.68 bits per heavy atom. The molecule has 100 valence electrons. The van der Waals surface area contributed by atoms with E-state index in [9.17, 15) is 4.79 Å². The number of ether oxygens (including phenoxy) is 2. The molecule has 5 heteroatoms. The number of benzene rings is 1. The molecule has 0 aliphatic carbocycles. The van der Waals surface area contributed by atoms with Gasteiger partial charge >= 0.3 is 0 Å². The Bertz CT molecular complexity index is 719. The highest BCUT2D eigenvalue weighted by molar-refractivity contribution is 5.87. The molecule has 0 spiro atoms. The molecule has 1 aromatic heterocycles. The molecule has 2 heterocycles. The Hall–Kier alpha value is -2.01. The molecule has 5 nitrogen and oxygen atoms in total. The van der Waals surface area contributed by atoms with Gasteiger partial charge in [0.15, 0.2) is 11.5 Å². The van der Waals surface area contributed by atoms with E-state index < -0.39 is 0 Å². The van der Waals surface area contributed by atoms with Crippen LogP contribution in [-0.4, -0.2) is 17.9 Å². The minimum Gasteiger partial charge on any atom is -0.454 e. The molecule has 0 saturated carbocycles. The van der Waals surface area contributed by atoms with Gasteiger partial charge < -0.3 is 19.8 Å². The van der Waals surface area contributed by atoms with Crippen LogP contribution in [0.2, 0.25) is 0 Å². The Morgan fingerprint density at radius 2 is 2.00 bits per heavy atom. The highest BCUT2D eigenvalue weighted by atomic mass is 16.7. The summed E-state index contributed by atoms with van der Waals surface area (Å²) in [6.07, 6.45) is 0.586. The average molecular weight is 260 g/mol. The van der Waals surface area contributed by atoms with Gasteiger partial charge in [0.2, 0.25) is 6.79 Å². The molecule has 1 aromatic carbocycles. The van der Waals surface area contributed by atoms with Crippen LogP contribution in [0.1, 0.15) is 11.1 Å². The van der Waals surface area contributed by atoms with Crippen LogP contribution in [0.25, 0.3) is 10.9 Å². The summed E-state index contributed by atoms with van der Waals surface area (Å²) in [7, 11) is 1.77. The summed E-state index contributed by atoms with van der Waals surface area (Å²) in [5, 5.41) is 1.01. The fourth-order valence-corrected chi connectivity index (χ4v) is 2.58. The lowest BCUT2D eigenvalue weighted by Gasteiger charge is -2.13. The normalized spacial score (nSPS) is 13.2. The Balaban J connectivity index is 2.39. The van der Waals surface area contributed by atoms with Crippen molar-refractivity contribution >= 4 is 10.9 Å². The average Bonchev–Trinajstić information content (AvgIpc) is 2.87. The highest BCUT2D eigenvalue weighted by Crippen LogP contribution is 2.36. The van der Waals surface area contributed by atoms with E-state index in [1.54, 1.807) is 11.6 Å². The van der Waals surface area contributed by atoms with E-state index in [2.05, 4.69) is 0 Å². The summed E-state index contributed by atoms with van der Waals surface area (Å²) in [5.74, 6) is 1.42. The van der Waals surface area contributed by atoms with Gasteiger partial charge in [0.25, 0.3) is 5.56 Å². The number of aromatic nitrogens is 1. The van der Waals surface area contributed by atoms with E-state index >= 15 is 0 Å². The molecule has 1 aliphatic rings. The molecule has 3 rings (SSSR count). The first-order valence-corrected chi connectivity index (χ1v) is 6.25. The van der Waals surface area contributed by atoms with Gasteiger partial charge in [0.05, 0.1) is 5.52 Å². The number of hydrogen-bond acceptors (Lipinski definition) is 4. The van der Waals surface area contributed by atoms with Crippen LogP contribution in [0.15, 0.2) is 16.9 Å². The van der Waals surface area contributed by atoms with Crippen molar-refractivity contribution in [3.63, 3.8) is 0 Å². The molecule has 0 fully saturated rings. The van der Waals surface area contributed by atoms with E-state index in [-0.39, 0.29) is 12.4 Å². The molecule has 0 radical (unpaired) electrons. The summed E-state index contributed by atoms with van der Waals surface area (Å²) in [6.45, 7) is 2.65. The second-order valence-electron chi connectivity index (χ2n) is 4.73. The third-order valence-electron chi connectivity index (χ3n) is 3.67. The Labute approximate surface area is 110 Å². The molecular weight excluding hydrogens is 244 g/mol. The number of aryl methyl sites for hydroxylation is 2. The molecule has 2 aromatic rings. The van der Waals surface area contributed by atoms with Gasteiger partial charge in [0.1, 0.15) is 0 Å². The molecule has 0 atom stereocenters. The van der Waals surface area contributed by atoms with Gasteiger partial charge in [-0.15, -0.1) is 0 Å². The summed E-state index contributed by atoms with van der Waals surface area (Å²) in [4.78, 5) is 12.3. The first kappa shape index (κ1) is 12.0. The lowest BCUT2D eigenvalue weighted by Crippen LogP contribution is -2.25. The van der Waals surface area contributed by atoms with Gasteiger partial charge in [-0.2, -0.15) is 0 Å². The zero-order valence-electron chi connectivity index (χ0n) is 11.0. The number of rotatable bonds is 2. The van der Waals surface area contributed by atoms with Crippen molar-refractivity contribution in [1.29, 1.82) is 0 Å². The summed E-state index contributed by atoms with van der Waals surface area (Å²) >= 11 is 0. The van der Waals surface area contributed by atoms with Crippen LogP contribution in [-0.2, 0) is 13.5 Å². The van der Waals surface area contributed by atoms with Crippen LogP contribution in [0.3, 0.4) is 0 Å². The van der Waals surface area contributed by atoms with E-state index in [1.807, 2.05) is 19.1 Å². The van der Waals surface area contributed by atoms with Crippen molar-refractivity contribution in [3.8, 4) is 11.5 Å². The van der Waals surface area contributed by atoms with Crippen molar-refractivity contribution in [1.82, 2.24) is 4.57 Å². The van der Waals surface area contributed by atoms with Gasteiger partial charge in [-0.25, -0.2) is 0 Å². The number of pyridine rings is 1. The largest absolute Gasteiger partial charge is 0.454 e.